The van der Waals surface area contributed by atoms with Crippen LogP contribution in [0.1, 0.15) is 51.9 Å². The van der Waals surface area contributed by atoms with Gasteiger partial charge in [-0.2, -0.15) is 0 Å². The lowest BCUT2D eigenvalue weighted by atomic mass is 9.70. The summed E-state index contributed by atoms with van der Waals surface area (Å²) in [4.78, 5) is 2.79. The van der Waals surface area contributed by atoms with Crippen LogP contribution in [0, 0.1) is 0 Å². The molecule has 1 saturated carbocycles. The molecular formula is C13H24N2. The summed E-state index contributed by atoms with van der Waals surface area (Å²) in [6.07, 6.45) is 9.99. The summed E-state index contributed by atoms with van der Waals surface area (Å²) in [6.45, 7) is 5.04. The molecule has 2 heteroatoms. The van der Waals surface area contributed by atoms with Crippen molar-refractivity contribution in [3.8, 4) is 0 Å². The van der Waals surface area contributed by atoms with Crippen molar-refractivity contribution in [2.75, 3.05) is 13.1 Å². The predicted molar refractivity (Wildman–Crippen MR) is 63.0 cm³/mol. The third-order valence-electron chi connectivity index (χ3n) is 4.99. The maximum Gasteiger partial charge on any atom is 0.0196 e. The molecule has 1 spiro atoms. The molecule has 1 N–H and O–H groups in total. The van der Waals surface area contributed by atoms with Gasteiger partial charge in [-0.25, -0.2) is 0 Å². The summed E-state index contributed by atoms with van der Waals surface area (Å²) in [5, 5.41) is 3.77. The second kappa shape index (κ2) is 3.74. The molecule has 2 unspecified atom stereocenters. The Morgan fingerprint density at radius 3 is 2.67 bits per heavy atom. The minimum Gasteiger partial charge on any atom is -0.311 e. The van der Waals surface area contributed by atoms with E-state index < -0.39 is 0 Å². The van der Waals surface area contributed by atoms with Gasteiger partial charge in [0.15, 0.2) is 0 Å². The molecule has 86 valence electrons. The van der Waals surface area contributed by atoms with Gasteiger partial charge in [-0.1, -0.05) is 0 Å². The monoisotopic (exact) mass is 208 g/mol. The second-order valence-corrected chi connectivity index (χ2v) is 5.94. The van der Waals surface area contributed by atoms with E-state index in [1.807, 2.05) is 0 Å². The van der Waals surface area contributed by atoms with E-state index in [9.17, 15) is 0 Å². The van der Waals surface area contributed by atoms with Crippen LogP contribution in [0.25, 0.3) is 0 Å². The van der Waals surface area contributed by atoms with Crippen LogP contribution in [0.5, 0.6) is 0 Å². The highest BCUT2D eigenvalue weighted by atomic mass is 15.2. The maximum atomic E-state index is 3.77. The molecule has 2 saturated heterocycles. The largest absolute Gasteiger partial charge is 0.311 e. The van der Waals surface area contributed by atoms with Crippen LogP contribution in [-0.2, 0) is 0 Å². The standard InChI is InChI=1S/C13H24N2/c1-11-4-2-9-15(11)12-5-8-14-13(10-12)6-3-7-13/h11-12,14H,2-10H2,1H3. The third kappa shape index (κ3) is 1.72. The lowest BCUT2D eigenvalue weighted by Crippen LogP contribution is -2.60. The van der Waals surface area contributed by atoms with Crippen LogP contribution in [-0.4, -0.2) is 35.6 Å². The zero-order chi connectivity index (χ0) is 10.3. The molecule has 15 heavy (non-hydrogen) atoms. The molecule has 0 bridgehead atoms. The minimum atomic E-state index is 0.575. The minimum absolute atomic E-state index is 0.575. The first-order valence-electron chi connectivity index (χ1n) is 6.80. The molecule has 3 rings (SSSR count). The first-order valence-corrected chi connectivity index (χ1v) is 6.80. The lowest BCUT2D eigenvalue weighted by Gasteiger charge is -2.50. The van der Waals surface area contributed by atoms with Crippen LogP contribution >= 0.6 is 0 Å². The van der Waals surface area contributed by atoms with Crippen LogP contribution in [0.2, 0.25) is 0 Å². The number of nitrogens with one attached hydrogen (secondary N) is 1. The summed E-state index contributed by atoms with van der Waals surface area (Å²) >= 11 is 0. The van der Waals surface area contributed by atoms with Crippen LogP contribution in [0.4, 0.5) is 0 Å². The fourth-order valence-corrected chi connectivity index (χ4v) is 3.89. The number of piperidine rings is 1. The van der Waals surface area contributed by atoms with Crippen LogP contribution in [0.3, 0.4) is 0 Å². The van der Waals surface area contributed by atoms with Crippen molar-refractivity contribution >= 4 is 0 Å². The quantitative estimate of drug-likeness (QED) is 0.710. The van der Waals surface area contributed by atoms with E-state index in [0.29, 0.717) is 5.54 Å². The first kappa shape index (κ1) is 10.1. The average Bonchev–Trinajstić information content (AvgIpc) is 2.62. The van der Waals surface area contributed by atoms with Gasteiger partial charge in [0.05, 0.1) is 0 Å². The molecule has 0 aromatic heterocycles. The van der Waals surface area contributed by atoms with Gasteiger partial charge in [-0.3, -0.25) is 4.90 Å². The highest BCUT2D eigenvalue weighted by Crippen LogP contribution is 2.40. The zero-order valence-corrected chi connectivity index (χ0v) is 9.97. The normalized spacial score (nSPS) is 40.6. The molecule has 2 nitrogen and oxygen atoms in total. The molecule has 3 fully saturated rings. The number of nitrogens with zero attached hydrogens (tertiary/aromatic N) is 1. The second-order valence-electron chi connectivity index (χ2n) is 5.94. The number of hydrogen-bond acceptors (Lipinski definition) is 2. The molecule has 2 atom stereocenters. The van der Waals surface area contributed by atoms with Gasteiger partial charge in [0.2, 0.25) is 0 Å². The Kier molecular flexibility index (Phi) is 2.52. The molecule has 3 aliphatic rings. The summed E-state index contributed by atoms with van der Waals surface area (Å²) in [5.74, 6) is 0. The van der Waals surface area contributed by atoms with E-state index in [4.69, 9.17) is 0 Å². The molecule has 2 aliphatic heterocycles. The summed E-state index contributed by atoms with van der Waals surface area (Å²) in [6, 6.07) is 1.74. The van der Waals surface area contributed by atoms with E-state index in [1.54, 1.807) is 0 Å². The van der Waals surface area contributed by atoms with Gasteiger partial charge in [-0.15, -0.1) is 0 Å². The maximum absolute atomic E-state index is 3.77. The van der Waals surface area contributed by atoms with E-state index in [1.165, 1.54) is 58.0 Å². The molecule has 0 radical (unpaired) electrons. The van der Waals surface area contributed by atoms with Crippen LogP contribution < -0.4 is 5.32 Å². The molecule has 1 aliphatic carbocycles. The van der Waals surface area contributed by atoms with Gasteiger partial charge < -0.3 is 5.32 Å². The van der Waals surface area contributed by atoms with Gasteiger partial charge in [0.1, 0.15) is 0 Å². The Morgan fingerprint density at radius 1 is 1.20 bits per heavy atom. The molecule has 2 heterocycles. The van der Waals surface area contributed by atoms with Crippen molar-refractivity contribution < 1.29 is 0 Å². The highest BCUT2D eigenvalue weighted by Gasteiger charge is 2.43. The molecule has 0 aromatic carbocycles. The van der Waals surface area contributed by atoms with E-state index in [0.717, 1.165) is 12.1 Å². The van der Waals surface area contributed by atoms with Crippen molar-refractivity contribution in [3.63, 3.8) is 0 Å². The zero-order valence-electron chi connectivity index (χ0n) is 9.97. The Hall–Kier alpha value is -0.0800. The van der Waals surface area contributed by atoms with E-state index in [-0.39, 0.29) is 0 Å². The Bertz CT molecular complexity index is 235. The summed E-state index contributed by atoms with van der Waals surface area (Å²) < 4.78 is 0. The van der Waals surface area contributed by atoms with Crippen LogP contribution in [0.15, 0.2) is 0 Å². The van der Waals surface area contributed by atoms with Gasteiger partial charge in [-0.05, 0) is 65.0 Å². The van der Waals surface area contributed by atoms with Crippen molar-refractivity contribution in [1.29, 1.82) is 0 Å². The molecule has 0 aromatic rings. The summed E-state index contributed by atoms with van der Waals surface area (Å²) in [7, 11) is 0. The highest BCUT2D eigenvalue weighted by molar-refractivity contribution is 5.03. The summed E-state index contributed by atoms with van der Waals surface area (Å²) in [5.41, 5.74) is 0.575. The fraction of sp³-hybridized carbons (Fsp3) is 1.00. The van der Waals surface area contributed by atoms with E-state index in [2.05, 4.69) is 17.1 Å². The Labute approximate surface area is 93.4 Å². The predicted octanol–water partition coefficient (Wildman–Crippen LogP) is 2.15. The Morgan fingerprint density at radius 2 is 2.07 bits per heavy atom. The van der Waals surface area contributed by atoms with Gasteiger partial charge in [0.25, 0.3) is 0 Å². The number of likely N-dealkylation sites (tertiary alicyclic amines) is 1. The number of hydrogen-bond donors (Lipinski definition) is 1. The lowest BCUT2D eigenvalue weighted by molar-refractivity contribution is 0.0582. The van der Waals surface area contributed by atoms with Crippen molar-refractivity contribution in [1.82, 2.24) is 10.2 Å². The smallest absolute Gasteiger partial charge is 0.0196 e. The average molecular weight is 208 g/mol. The van der Waals surface area contributed by atoms with Crippen molar-refractivity contribution in [3.05, 3.63) is 0 Å². The SMILES string of the molecule is CC1CCCN1C1CCNC2(CCC2)C1. The van der Waals surface area contributed by atoms with Crippen molar-refractivity contribution in [2.45, 2.75) is 69.5 Å². The first-order chi connectivity index (χ1) is 7.29. The van der Waals surface area contributed by atoms with E-state index >= 15 is 0 Å². The van der Waals surface area contributed by atoms with Gasteiger partial charge in [0, 0.05) is 17.6 Å². The third-order valence-corrected chi connectivity index (χ3v) is 4.99. The fourth-order valence-electron chi connectivity index (χ4n) is 3.89. The number of rotatable bonds is 1. The Balaban J connectivity index is 1.65. The molecular weight excluding hydrogens is 184 g/mol. The topological polar surface area (TPSA) is 15.3 Å². The van der Waals surface area contributed by atoms with Gasteiger partial charge >= 0.3 is 0 Å². The molecule has 0 amide bonds. The van der Waals surface area contributed by atoms with Crippen molar-refractivity contribution in [2.24, 2.45) is 0 Å².